The van der Waals surface area contributed by atoms with Crippen LogP contribution in [0.25, 0.3) is 34.8 Å². The van der Waals surface area contributed by atoms with Crippen LogP contribution in [0.15, 0.2) is 237 Å². The van der Waals surface area contributed by atoms with Crippen LogP contribution in [0.4, 0.5) is 0 Å². The summed E-state index contributed by atoms with van der Waals surface area (Å²) < 4.78 is 6.20. The molecule has 0 amide bonds. The van der Waals surface area contributed by atoms with Gasteiger partial charge in [-0.2, -0.15) is 5.10 Å². The van der Waals surface area contributed by atoms with Gasteiger partial charge in [-0.25, -0.2) is 4.52 Å². The van der Waals surface area contributed by atoms with E-state index in [2.05, 4.69) is 379 Å². The van der Waals surface area contributed by atoms with Crippen molar-refractivity contribution in [2.75, 3.05) is 13.1 Å². The quantitative estimate of drug-likeness (QED) is 0.144. The first-order valence-corrected chi connectivity index (χ1v) is 41.2. The molecule has 4 aliphatic carbocycles. The number of rotatable bonds is 9. The Labute approximate surface area is 659 Å². The van der Waals surface area contributed by atoms with Gasteiger partial charge in [0.2, 0.25) is 0 Å². The molecular weight excluding hydrogens is 1320 g/mol. The molecule has 11 heterocycles. The van der Waals surface area contributed by atoms with Gasteiger partial charge in [0.1, 0.15) is 0 Å². The molecule has 576 valence electrons. The predicted molar refractivity (Wildman–Crippen MR) is 473 cm³/mol. The first-order chi connectivity index (χ1) is 51.9. The van der Waals surface area contributed by atoms with Crippen molar-refractivity contribution in [1.29, 1.82) is 0 Å². The molecule has 0 N–H and O–H groups in total. The van der Waals surface area contributed by atoms with Crippen LogP contribution in [0.2, 0.25) is 0 Å². The van der Waals surface area contributed by atoms with Crippen molar-refractivity contribution in [2.24, 2.45) is 11.8 Å². The van der Waals surface area contributed by atoms with Gasteiger partial charge in [0.05, 0.1) is 16.9 Å². The lowest BCUT2D eigenvalue weighted by atomic mass is 9.98. The highest BCUT2D eigenvalue weighted by atomic mass is 15.2. The average molecular weight is 1460 g/mol. The molecule has 7 nitrogen and oxygen atoms in total. The molecular formula is C102H133N7. The van der Waals surface area contributed by atoms with Crippen molar-refractivity contribution in [2.45, 2.75) is 250 Å². The second kappa shape index (κ2) is 40.5. The molecule has 4 aliphatic heterocycles. The van der Waals surface area contributed by atoms with Gasteiger partial charge in [0.15, 0.2) is 0 Å². The molecule has 0 spiro atoms. The summed E-state index contributed by atoms with van der Waals surface area (Å²) in [4.78, 5) is 9.33. The van der Waals surface area contributed by atoms with E-state index < -0.39 is 0 Å². The number of hydrogen-bond acceptors (Lipinski definition) is 4. The molecule has 7 heteroatoms. The molecule has 3 aromatic carbocycles. The number of aryl methyl sites for hydroxylation is 2. The summed E-state index contributed by atoms with van der Waals surface area (Å²) in [5.41, 5.74) is 27.8. The molecule has 0 saturated carbocycles. The fourth-order valence-corrected chi connectivity index (χ4v) is 14.7. The third kappa shape index (κ3) is 23.7. The summed E-state index contributed by atoms with van der Waals surface area (Å²) in [5.74, 6) is 5.63. The number of aromatic nitrogens is 5. The zero-order chi connectivity index (χ0) is 77.0. The largest absolute Gasteiger partial charge is 0.371 e. The molecule has 109 heavy (non-hydrogen) atoms. The SMILES string of the molecule is C.CC(C)C1=CC2CCCN2C=C1.CC(C)C1=CN2CCCC2C=C1.CC(C)c1ccc2c(c1)C=CC2.CC(C)c1ccc2c(c1)CC=C2.CC(C)c1ccc2c(c1)CCC2.CC(C)c1ccc2cccn2c1.CC(C)c1ccc2cccn2n1.CC(C)c1ccn2cccc2c1.CC(C)c1cnc2c(c1)CC=C2. The highest BCUT2D eigenvalue weighted by molar-refractivity contribution is 5.62. The topological polar surface area (TPSA) is 45.5 Å². The van der Waals surface area contributed by atoms with Crippen molar-refractivity contribution in [3.8, 4) is 0 Å². The summed E-state index contributed by atoms with van der Waals surface area (Å²) in [6.07, 6.45) is 52.2. The summed E-state index contributed by atoms with van der Waals surface area (Å²) in [7, 11) is 0. The molecule has 2 atom stereocenters. The Kier molecular flexibility index (Phi) is 31.1. The number of fused-ring (bicyclic) bond motifs is 9. The Balaban J connectivity index is 0.000000141. The number of pyridine rings is 3. The van der Waals surface area contributed by atoms with Crippen molar-refractivity contribution >= 4 is 34.8 Å². The minimum atomic E-state index is 0. The Hall–Kier alpha value is -9.20. The molecule has 7 aromatic heterocycles. The van der Waals surface area contributed by atoms with Crippen LogP contribution in [0.1, 0.15) is 289 Å². The maximum Gasteiger partial charge on any atom is 0.0661 e. The van der Waals surface area contributed by atoms with E-state index in [0.717, 1.165) is 36.2 Å². The summed E-state index contributed by atoms with van der Waals surface area (Å²) in [5, 5.41) is 4.45. The van der Waals surface area contributed by atoms with E-state index in [0.29, 0.717) is 65.3 Å². The fraction of sp³-hybridized carbons (Fsp3) is 0.412. The third-order valence-electron chi connectivity index (χ3n) is 22.2. The van der Waals surface area contributed by atoms with E-state index in [-0.39, 0.29) is 7.43 Å². The van der Waals surface area contributed by atoms with Gasteiger partial charge >= 0.3 is 0 Å². The van der Waals surface area contributed by atoms with Gasteiger partial charge < -0.3 is 18.6 Å². The van der Waals surface area contributed by atoms with Gasteiger partial charge in [-0.05, 0) is 286 Å². The Morgan fingerprint density at radius 2 is 0.927 bits per heavy atom. The van der Waals surface area contributed by atoms with Gasteiger partial charge in [-0.3, -0.25) is 4.98 Å². The number of allylic oxidation sites excluding steroid dienone is 7. The van der Waals surface area contributed by atoms with Crippen LogP contribution in [0.5, 0.6) is 0 Å². The van der Waals surface area contributed by atoms with E-state index in [9.17, 15) is 0 Å². The van der Waals surface area contributed by atoms with Crippen molar-refractivity contribution in [3.63, 3.8) is 0 Å². The number of nitrogens with zero attached hydrogens (tertiary/aromatic N) is 7. The van der Waals surface area contributed by atoms with Crippen LogP contribution in [-0.2, 0) is 32.1 Å². The van der Waals surface area contributed by atoms with Gasteiger partial charge in [0, 0.05) is 79.6 Å². The fourth-order valence-electron chi connectivity index (χ4n) is 14.7. The summed E-state index contributed by atoms with van der Waals surface area (Å²) in [6.45, 7) is 42.6. The molecule has 8 aliphatic rings. The highest BCUT2D eigenvalue weighted by Crippen LogP contribution is 2.32. The standard InChI is InChI=1S/C12H16.2C12H14.C11H17N.C11H13N.C11H17N.2C11H13N.C10H12N2.CH4/c3*1-9(2)11-7-6-10-4-3-5-12(10)8-11;2*1-9(2)10-5-6-11-4-3-7-12(11)8-10;2*1-9(2)10-5-7-12-6-3-4-11(12)8-10;1-8(2)10-6-9-4-3-5-11(9)12-7-10;1-8(2)10-6-5-9-4-3-7-12(9)11-10;/h6-9H,3-5H2,1-2H3;3,5-9H,4H2,1-2H3;3-4,6-9H,5H2,1-2H3;5-6,8-9,11H,3-4,7H2,1-2H3;3-9H,1-2H3;5,7-9,11H,3-4,6H2,1-2H3;3-9H,1-2H3;3,5-8H,4H2,1-2H3;3-8H,1-2H3;1H4. The lowest BCUT2D eigenvalue weighted by Gasteiger charge is -2.26. The minimum Gasteiger partial charge on any atom is -0.371 e. The van der Waals surface area contributed by atoms with Gasteiger partial charge in [-0.15, -0.1) is 0 Å². The van der Waals surface area contributed by atoms with E-state index in [1.165, 1.54) is 141 Å². The van der Waals surface area contributed by atoms with Crippen LogP contribution >= 0.6 is 0 Å². The molecule has 0 bridgehead atoms. The molecule has 2 saturated heterocycles. The Bertz CT molecular complexity index is 4410. The normalized spacial score (nSPS) is 16.1. The van der Waals surface area contributed by atoms with E-state index in [1.54, 1.807) is 11.1 Å². The first-order valence-electron chi connectivity index (χ1n) is 41.2. The van der Waals surface area contributed by atoms with Gasteiger partial charge in [0.25, 0.3) is 0 Å². The second-order valence-corrected chi connectivity index (χ2v) is 33.4. The molecule has 18 rings (SSSR count). The smallest absolute Gasteiger partial charge is 0.0661 e. The van der Waals surface area contributed by atoms with Crippen molar-refractivity contribution < 1.29 is 0 Å². The first kappa shape index (κ1) is 83.8. The highest BCUT2D eigenvalue weighted by Gasteiger charge is 2.24. The zero-order valence-electron chi connectivity index (χ0n) is 69.1. The Morgan fingerprint density at radius 1 is 0.376 bits per heavy atom. The third-order valence-corrected chi connectivity index (χ3v) is 22.2. The van der Waals surface area contributed by atoms with Crippen molar-refractivity contribution in [3.05, 3.63) is 320 Å². The van der Waals surface area contributed by atoms with E-state index in [1.807, 2.05) is 23.0 Å². The Morgan fingerprint density at radius 3 is 1.62 bits per heavy atom. The van der Waals surface area contributed by atoms with Crippen LogP contribution in [0.3, 0.4) is 0 Å². The molecule has 0 radical (unpaired) electrons. The maximum absolute atomic E-state index is 4.45. The molecule has 2 unspecified atom stereocenters. The zero-order valence-corrected chi connectivity index (χ0v) is 69.1. The second-order valence-electron chi connectivity index (χ2n) is 33.4. The van der Waals surface area contributed by atoms with Crippen LogP contribution in [-0.4, -0.2) is 58.4 Å². The number of benzene rings is 3. The average Bonchev–Trinajstić information content (AvgIpc) is 1.81. The molecule has 2 fully saturated rings. The van der Waals surface area contributed by atoms with Crippen molar-refractivity contribution in [1.82, 2.24) is 33.2 Å². The minimum absolute atomic E-state index is 0. The van der Waals surface area contributed by atoms with E-state index >= 15 is 0 Å². The van der Waals surface area contributed by atoms with Crippen LogP contribution in [0, 0.1) is 11.8 Å². The lowest BCUT2D eigenvalue weighted by Crippen LogP contribution is -2.25. The lowest BCUT2D eigenvalue weighted by molar-refractivity contribution is 0.389. The van der Waals surface area contributed by atoms with E-state index in [4.69, 9.17) is 0 Å². The summed E-state index contributed by atoms with van der Waals surface area (Å²) in [6, 6.07) is 49.7. The molecule has 10 aromatic rings. The number of hydrogen-bond donors (Lipinski definition) is 0. The predicted octanol–water partition coefficient (Wildman–Crippen LogP) is 27.2. The summed E-state index contributed by atoms with van der Waals surface area (Å²) >= 11 is 0. The maximum atomic E-state index is 4.45. The van der Waals surface area contributed by atoms with Crippen LogP contribution < -0.4 is 0 Å². The van der Waals surface area contributed by atoms with Gasteiger partial charge in [-0.1, -0.05) is 247 Å². The monoisotopic (exact) mass is 1460 g/mol.